The number of nitrogens with zero attached hydrogens (tertiary/aromatic N) is 3. The molecular formula is C20H26N4O2. The average Bonchev–Trinajstić information content (AvgIpc) is 3.38. The molecule has 2 fully saturated rings. The molecule has 2 heterocycles. The van der Waals surface area contributed by atoms with E-state index in [4.69, 9.17) is 0 Å². The van der Waals surface area contributed by atoms with Crippen LogP contribution in [-0.4, -0.2) is 45.6 Å². The molecule has 138 valence electrons. The van der Waals surface area contributed by atoms with Crippen LogP contribution in [0.15, 0.2) is 30.5 Å². The first-order valence-electron chi connectivity index (χ1n) is 9.70. The summed E-state index contributed by atoms with van der Waals surface area (Å²) in [6.45, 7) is 1.98. The molecule has 26 heavy (non-hydrogen) atoms. The summed E-state index contributed by atoms with van der Waals surface area (Å²) in [5.74, 6) is -0.0159. The van der Waals surface area contributed by atoms with Crippen LogP contribution in [0.5, 0.6) is 0 Å². The third-order valence-corrected chi connectivity index (χ3v) is 5.69. The van der Waals surface area contributed by atoms with Crippen LogP contribution < -0.4 is 5.32 Å². The molecule has 1 aromatic heterocycles. The summed E-state index contributed by atoms with van der Waals surface area (Å²) in [6.07, 6.45) is 7.66. The lowest BCUT2D eigenvalue weighted by Gasteiger charge is -2.23. The highest BCUT2D eigenvalue weighted by Crippen LogP contribution is 2.29. The number of carbonyl (C=O) groups excluding carboxylic acids is 2. The van der Waals surface area contributed by atoms with Gasteiger partial charge in [-0.2, -0.15) is 5.10 Å². The SMILES string of the molecule is O=C(NCCCn1ncc2ccccc21)[C@H]1CC(=O)N(C2CCCC2)C1. The quantitative estimate of drug-likeness (QED) is 0.810. The first-order valence-corrected chi connectivity index (χ1v) is 9.70. The van der Waals surface area contributed by atoms with Crippen LogP contribution in [0.4, 0.5) is 0 Å². The van der Waals surface area contributed by atoms with Crippen LogP contribution >= 0.6 is 0 Å². The summed E-state index contributed by atoms with van der Waals surface area (Å²) in [6, 6.07) is 8.49. The largest absolute Gasteiger partial charge is 0.356 e. The number of hydrogen-bond donors (Lipinski definition) is 1. The fraction of sp³-hybridized carbons (Fsp3) is 0.550. The van der Waals surface area contributed by atoms with Gasteiger partial charge in [0.05, 0.1) is 17.6 Å². The molecule has 2 aliphatic rings. The summed E-state index contributed by atoms with van der Waals surface area (Å²) < 4.78 is 1.97. The molecule has 0 unspecified atom stereocenters. The molecule has 1 aliphatic carbocycles. The highest BCUT2D eigenvalue weighted by atomic mass is 16.2. The first-order chi connectivity index (χ1) is 12.7. The zero-order chi connectivity index (χ0) is 17.9. The smallest absolute Gasteiger partial charge is 0.225 e. The van der Waals surface area contributed by atoms with E-state index in [2.05, 4.69) is 16.5 Å². The normalized spacial score (nSPS) is 21.0. The summed E-state index contributed by atoms with van der Waals surface area (Å²) in [5.41, 5.74) is 1.12. The standard InChI is InChI=1S/C20H26N4O2/c25-19-12-16(14-23(19)17-7-2-3-8-17)20(26)21-10-5-11-24-18-9-4-1-6-15(18)13-22-24/h1,4,6,9,13,16-17H,2-3,5,7-8,10-12,14H2,(H,21,26)/t16-/m0/s1. The lowest BCUT2D eigenvalue weighted by molar-refractivity contribution is -0.130. The van der Waals surface area contributed by atoms with Gasteiger partial charge in [-0.25, -0.2) is 0 Å². The Bertz CT molecular complexity index is 794. The van der Waals surface area contributed by atoms with E-state index >= 15 is 0 Å². The Morgan fingerprint density at radius 2 is 2.04 bits per heavy atom. The van der Waals surface area contributed by atoms with Gasteiger partial charge in [0, 0.05) is 37.5 Å². The van der Waals surface area contributed by atoms with E-state index in [0.717, 1.165) is 36.7 Å². The third-order valence-electron chi connectivity index (χ3n) is 5.69. The Hall–Kier alpha value is -2.37. The lowest BCUT2D eigenvalue weighted by atomic mass is 10.1. The number of benzene rings is 1. The minimum atomic E-state index is -0.186. The molecule has 0 bridgehead atoms. The fourth-order valence-electron chi connectivity index (χ4n) is 4.26. The maximum Gasteiger partial charge on any atom is 0.225 e. The summed E-state index contributed by atoms with van der Waals surface area (Å²) in [7, 11) is 0. The third kappa shape index (κ3) is 3.45. The van der Waals surface area contributed by atoms with E-state index in [1.165, 1.54) is 12.8 Å². The minimum Gasteiger partial charge on any atom is -0.356 e. The van der Waals surface area contributed by atoms with Crippen molar-refractivity contribution in [1.82, 2.24) is 20.0 Å². The van der Waals surface area contributed by atoms with Gasteiger partial charge in [-0.1, -0.05) is 31.0 Å². The van der Waals surface area contributed by atoms with Gasteiger partial charge in [-0.3, -0.25) is 14.3 Å². The molecule has 1 atom stereocenters. The molecule has 1 aromatic carbocycles. The molecule has 1 saturated heterocycles. The number of hydrogen-bond acceptors (Lipinski definition) is 3. The van der Waals surface area contributed by atoms with Gasteiger partial charge >= 0.3 is 0 Å². The number of aromatic nitrogens is 2. The molecular weight excluding hydrogens is 328 g/mol. The van der Waals surface area contributed by atoms with Crippen LogP contribution in [0, 0.1) is 5.92 Å². The number of nitrogens with one attached hydrogen (secondary N) is 1. The molecule has 1 saturated carbocycles. The predicted octanol–water partition coefficient (Wildman–Crippen LogP) is 2.33. The maximum atomic E-state index is 12.4. The number of fused-ring (bicyclic) bond motifs is 1. The zero-order valence-electron chi connectivity index (χ0n) is 15.1. The van der Waals surface area contributed by atoms with E-state index in [-0.39, 0.29) is 17.7 Å². The number of para-hydroxylation sites is 1. The number of aryl methyl sites for hydroxylation is 1. The van der Waals surface area contributed by atoms with Gasteiger partial charge in [0.1, 0.15) is 0 Å². The molecule has 6 heteroatoms. The van der Waals surface area contributed by atoms with Crippen molar-refractivity contribution in [3.8, 4) is 0 Å². The second-order valence-electron chi connectivity index (χ2n) is 7.46. The highest BCUT2D eigenvalue weighted by molar-refractivity contribution is 5.89. The Balaban J connectivity index is 1.23. The molecule has 4 rings (SSSR count). The Morgan fingerprint density at radius 1 is 1.23 bits per heavy atom. The van der Waals surface area contributed by atoms with Crippen molar-refractivity contribution in [2.24, 2.45) is 5.92 Å². The summed E-state index contributed by atoms with van der Waals surface area (Å²) in [4.78, 5) is 26.6. The van der Waals surface area contributed by atoms with E-state index in [0.29, 0.717) is 25.6 Å². The molecule has 1 N–H and O–H groups in total. The molecule has 1 aliphatic heterocycles. The number of likely N-dealkylation sites (tertiary alicyclic amines) is 1. The van der Waals surface area contributed by atoms with Crippen LogP contribution in [-0.2, 0) is 16.1 Å². The Labute approximate surface area is 153 Å². The van der Waals surface area contributed by atoms with Crippen molar-refractivity contribution in [2.75, 3.05) is 13.1 Å². The summed E-state index contributed by atoms with van der Waals surface area (Å²) in [5, 5.41) is 8.55. The number of rotatable bonds is 6. The van der Waals surface area contributed by atoms with E-state index < -0.39 is 0 Å². The first kappa shape index (κ1) is 17.1. The number of amides is 2. The van der Waals surface area contributed by atoms with E-state index in [1.54, 1.807) is 0 Å². The average molecular weight is 354 g/mol. The van der Waals surface area contributed by atoms with Crippen LogP contribution in [0.2, 0.25) is 0 Å². The molecule has 0 radical (unpaired) electrons. The van der Waals surface area contributed by atoms with Gasteiger partial charge in [0.15, 0.2) is 0 Å². The van der Waals surface area contributed by atoms with E-state index in [1.807, 2.05) is 34.0 Å². The highest BCUT2D eigenvalue weighted by Gasteiger charge is 2.38. The van der Waals surface area contributed by atoms with Gasteiger partial charge in [-0.05, 0) is 25.3 Å². The van der Waals surface area contributed by atoms with Gasteiger partial charge in [0.2, 0.25) is 11.8 Å². The zero-order valence-corrected chi connectivity index (χ0v) is 15.1. The fourth-order valence-corrected chi connectivity index (χ4v) is 4.26. The van der Waals surface area contributed by atoms with Crippen molar-refractivity contribution in [2.45, 2.75) is 51.1 Å². The topological polar surface area (TPSA) is 67.2 Å². The second kappa shape index (κ2) is 7.48. The minimum absolute atomic E-state index is 0.0178. The van der Waals surface area contributed by atoms with Gasteiger partial charge in [0.25, 0.3) is 0 Å². The van der Waals surface area contributed by atoms with Crippen molar-refractivity contribution in [1.29, 1.82) is 0 Å². The van der Waals surface area contributed by atoms with Crippen LogP contribution in [0.25, 0.3) is 10.9 Å². The molecule has 0 spiro atoms. The van der Waals surface area contributed by atoms with Gasteiger partial charge in [-0.15, -0.1) is 0 Å². The number of carbonyl (C=O) groups is 2. The molecule has 6 nitrogen and oxygen atoms in total. The van der Waals surface area contributed by atoms with Crippen molar-refractivity contribution in [3.63, 3.8) is 0 Å². The van der Waals surface area contributed by atoms with Gasteiger partial charge < -0.3 is 10.2 Å². The Morgan fingerprint density at radius 3 is 2.88 bits per heavy atom. The lowest BCUT2D eigenvalue weighted by Crippen LogP contribution is -2.37. The van der Waals surface area contributed by atoms with Crippen molar-refractivity contribution in [3.05, 3.63) is 30.5 Å². The van der Waals surface area contributed by atoms with Crippen LogP contribution in [0.3, 0.4) is 0 Å². The van der Waals surface area contributed by atoms with Crippen molar-refractivity contribution < 1.29 is 9.59 Å². The maximum absolute atomic E-state index is 12.4. The van der Waals surface area contributed by atoms with Crippen LogP contribution in [0.1, 0.15) is 38.5 Å². The molecule has 2 amide bonds. The van der Waals surface area contributed by atoms with E-state index in [9.17, 15) is 9.59 Å². The predicted molar refractivity (Wildman–Crippen MR) is 99.4 cm³/mol. The summed E-state index contributed by atoms with van der Waals surface area (Å²) >= 11 is 0. The van der Waals surface area contributed by atoms with Crippen molar-refractivity contribution >= 4 is 22.7 Å². The Kier molecular flexibility index (Phi) is 4.91. The second-order valence-corrected chi connectivity index (χ2v) is 7.46. The monoisotopic (exact) mass is 354 g/mol. The molecule has 2 aromatic rings.